The summed E-state index contributed by atoms with van der Waals surface area (Å²) in [5.41, 5.74) is 12.4. The van der Waals surface area contributed by atoms with Crippen LogP contribution in [-0.4, -0.2) is 4.57 Å². The first-order chi connectivity index (χ1) is 22.1. The van der Waals surface area contributed by atoms with Crippen molar-refractivity contribution in [2.24, 2.45) is 0 Å². The Morgan fingerprint density at radius 1 is 0.489 bits per heavy atom. The Morgan fingerprint density at radius 3 is 2.00 bits per heavy atom. The molecule has 7 aromatic carbocycles. The van der Waals surface area contributed by atoms with Crippen LogP contribution >= 0.6 is 0 Å². The molecule has 8 aromatic rings. The Labute approximate surface area is 263 Å². The highest BCUT2D eigenvalue weighted by Gasteiger charge is 2.34. The van der Waals surface area contributed by atoms with Gasteiger partial charge in [0.25, 0.3) is 0 Å². The van der Waals surface area contributed by atoms with Gasteiger partial charge in [-0.25, -0.2) is 0 Å². The van der Waals surface area contributed by atoms with Gasteiger partial charge in [0.05, 0.1) is 16.7 Å². The van der Waals surface area contributed by atoms with E-state index in [1.54, 1.807) is 0 Å². The van der Waals surface area contributed by atoms with Crippen LogP contribution in [0.3, 0.4) is 0 Å². The Kier molecular flexibility index (Phi) is 5.58. The van der Waals surface area contributed by atoms with Crippen molar-refractivity contribution >= 4 is 49.6 Å². The summed E-state index contributed by atoms with van der Waals surface area (Å²) in [5.74, 6) is 0. The quantitative estimate of drug-likeness (QED) is 0.202. The van der Waals surface area contributed by atoms with Gasteiger partial charge in [0, 0.05) is 33.2 Å². The summed E-state index contributed by atoms with van der Waals surface area (Å²) in [6.07, 6.45) is 0. The van der Waals surface area contributed by atoms with E-state index >= 15 is 0 Å². The molecule has 0 saturated heterocycles. The van der Waals surface area contributed by atoms with E-state index in [0.717, 1.165) is 17.1 Å². The van der Waals surface area contributed by atoms with E-state index in [1.807, 2.05) is 0 Å². The van der Waals surface area contributed by atoms with Crippen LogP contribution in [0.4, 0.5) is 17.1 Å². The lowest BCUT2D eigenvalue weighted by Gasteiger charge is -2.34. The standard InChI is InChI=1S/C43H32N2/c1-43(2)38-19-8-9-21-41(38)45-40-27-26-33(28-37(40)36-18-11-20-39(43)42(36)45)44(31-14-4-3-5-15-31)32-24-22-30(23-25-32)35-17-10-13-29-12-6-7-16-34(29)35/h3-28H,1-2H3. The minimum atomic E-state index is -0.0782. The lowest BCUT2D eigenvalue weighted by atomic mass is 9.75. The number of nitrogens with zero attached hydrogens (tertiary/aromatic N) is 2. The molecule has 9 rings (SSSR count). The van der Waals surface area contributed by atoms with E-state index in [4.69, 9.17) is 0 Å². The van der Waals surface area contributed by atoms with Gasteiger partial charge in [-0.1, -0.05) is 123 Å². The zero-order valence-corrected chi connectivity index (χ0v) is 25.4. The molecule has 214 valence electrons. The van der Waals surface area contributed by atoms with Gasteiger partial charge in [-0.15, -0.1) is 0 Å². The smallest absolute Gasteiger partial charge is 0.0582 e. The Hall–Kier alpha value is -5.60. The molecule has 0 aliphatic carbocycles. The second-order valence-electron chi connectivity index (χ2n) is 12.6. The van der Waals surface area contributed by atoms with Gasteiger partial charge in [0.2, 0.25) is 0 Å². The zero-order valence-electron chi connectivity index (χ0n) is 25.4. The highest BCUT2D eigenvalue weighted by Crippen LogP contribution is 2.48. The third kappa shape index (κ3) is 3.82. The fourth-order valence-electron chi connectivity index (χ4n) is 7.58. The Balaban J connectivity index is 1.23. The minimum absolute atomic E-state index is 0.0782. The van der Waals surface area contributed by atoms with Gasteiger partial charge in [-0.2, -0.15) is 0 Å². The number of hydrogen-bond donors (Lipinski definition) is 0. The number of aromatic nitrogens is 1. The van der Waals surface area contributed by atoms with Gasteiger partial charge in [-0.05, 0) is 81.6 Å². The molecule has 0 bridgehead atoms. The largest absolute Gasteiger partial charge is 0.310 e. The fraction of sp³-hybridized carbons (Fsp3) is 0.0698. The molecule has 1 aromatic heterocycles. The van der Waals surface area contributed by atoms with E-state index < -0.39 is 0 Å². The lowest BCUT2D eigenvalue weighted by Crippen LogP contribution is -2.26. The molecular formula is C43H32N2. The molecule has 1 aliphatic heterocycles. The maximum absolute atomic E-state index is 2.48. The monoisotopic (exact) mass is 576 g/mol. The van der Waals surface area contributed by atoms with Crippen LogP contribution in [0.15, 0.2) is 158 Å². The molecule has 2 heterocycles. The Morgan fingerprint density at radius 2 is 1.13 bits per heavy atom. The van der Waals surface area contributed by atoms with E-state index in [-0.39, 0.29) is 5.41 Å². The van der Waals surface area contributed by atoms with Gasteiger partial charge < -0.3 is 9.47 Å². The SMILES string of the molecule is CC1(C)c2ccccc2-n2c3ccc(N(c4ccccc4)c4ccc(-c5cccc6ccccc56)cc4)cc3c3cccc1c32. The summed E-state index contributed by atoms with van der Waals surface area (Å²) in [5, 5.41) is 5.10. The van der Waals surface area contributed by atoms with Crippen molar-refractivity contribution in [2.45, 2.75) is 19.3 Å². The molecule has 45 heavy (non-hydrogen) atoms. The molecule has 0 fully saturated rings. The third-order valence-electron chi connectivity index (χ3n) is 9.76. The van der Waals surface area contributed by atoms with E-state index in [1.165, 1.54) is 60.5 Å². The topological polar surface area (TPSA) is 8.17 Å². The molecule has 0 saturated carbocycles. The average Bonchev–Trinajstić information content (AvgIpc) is 3.42. The molecule has 0 radical (unpaired) electrons. The van der Waals surface area contributed by atoms with Crippen molar-refractivity contribution < 1.29 is 0 Å². The predicted octanol–water partition coefficient (Wildman–Crippen LogP) is 11.7. The van der Waals surface area contributed by atoms with Crippen LogP contribution in [-0.2, 0) is 5.41 Å². The predicted molar refractivity (Wildman–Crippen MR) is 191 cm³/mol. The van der Waals surface area contributed by atoms with Crippen LogP contribution in [0.25, 0.3) is 49.4 Å². The van der Waals surface area contributed by atoms with Crippen molar-refractivity contribution in [3.63, 3.8) is 0 Å². The maximum Gasteiger partial charge on any atom is 0.0582 e. The number of para-hydroxylation sites is 3. The van der Waals surface area contributed by atoms with E-state index in [2.05, 4.69) is 181 Å². The molecule has 0 unspecified atom stereocenters. The number of fused-ring (bicyclic) bond motifs is 6. The molecule has 0 N–H and O–H groups in total. The van der Waals surface area contributed by atoms with Crippen molar-refractivity contribution in [2.75, 3.05) is 4.90 Å². The third-order valence-corrected chi connectivity index (χ3v) is 9.76. The number of rotatable bonds is 4. The summed E-state index contributed by atoms with van der Waals surface area (Å²) in [7, 11) is 0. The number of benzene rings is 7. The van der Waals surface area contributed by atoms with Crippen molar-refractivity contribution in [3.05, 3.63) is 169 Å². The molecule has 0 atom stereocenters. The van der Waals surface area contributed by atoms with Crippen LogP contribution < -0.4 is 4.90 Å². The lowest BCUT2D eigenvalue weighted by molar-refractivity contribution is 0.630. The molecule has 1 aliphatic rings. The van der Waals surface area contributed by atoms with E-state index in [0.29, 0.717) is 0 Å². The normalized spacial score (nSPS) is 13.3. The van der Waals surface area contributed by atoms with Gasteiger partial charge in [-0.3, -0.25) is 0 Å². The van der Waals surface area contributed by atoms with E-state index in [9.17, 15) is 0 Å². The number of anilines is 3. The van der Waals surface area contributed by atoms with Gasteiger partial charge in [0.15, 0.2) is 0 Å². The average molecular weight is 577 g/mol. The minimum Gasteiger partial charge on any atom is -0.310 e. The second-order valence-corrected chi connectivity index (χ2v) is 12.6. The van der Waals surface area contributed by atoms with Crippen LogP contribution in [0, 0.1) is 0 Å². The highest BCUT2D eigenvalue weighted by atomic mass is 15.1. The van der Waals surface area contributed by atoms with Crippen LogP contribution in [0.5, 0.6) is 0 Å². The van der Waals surface area contributed by atoms with Gasteiger partial charge >= 0.3 is 0 Å². The summed E-state index contributed by atoms with van der Waals surface area (Å²) < 4.78 is 2.48. The molecule has 2 nitrogen and oxygen atoms in total. The first-order valence-corrected chi connectivity index (χ1v) is 15.7. The first kappa shape index (κ1) is 25.9. The maximum atomic E-state index is 2.48. The highest BCUT2D eigenvalue weighted by molar-refractivity contribution is 6.13. The zero-order chi connectivity index (χ0) is 30.1. The van der Waals surface area contributed by atoms with Crippen molar-refractivity contribution in [1.82, 2.24) is 4.57 Å². The van der Waals surface area contributed by atoms with Crippen molar-refractivity contribution in [3.8, 4) is 16.8 Å². The van der Waals surface area contributed by atoms with Gasteiger partial charge in [0.1, 0.15) is 0 Å². The summed E-state index contributed by atoms with van der Waals surface area (Å²) in [4.78, 5) is 2.37. The van der Waals surface area contributed by atoms with Crippen LogP contribution in [0.1, 0.15) is 25.0 Å². The summed E-state index contributed by atoms with van der Waals surface area (Å²) in [6, 6.07) is 57.6. The first-order valence-electron chi connectivity index (χ1n) is 15.7. The Bertz CT molecular complexity index is 2390. The van der Waals surface area contributed by atoms with Crippen molar-refractivity contribution in [1.29, 1.82) is 0 Å². The molecule has 0 amide bonds. The summed E-state index contributed by atoms with van der Waals surface area (Å²) in [6.45, 7) is 4.71. The second kappa shape index (κ2) is 9.70. The molecule has 2 heteroatoms. The molecular weight excluding hydrogens is 544 g/mol. The fourth-order valence-corrected chi connectivity index (χ4v) is 7.58. The van der Waals surface area contributed by atoms with Crippen LogP contribution in [0.2, 0.25) is 0 Å². The number of hydrogen-bond acceptors (Lipinski definition) is 1. The molecule has 0 spiro atoms. The summed E-state index contributed by atoms with van der Waals surface area (Å²) >= 11 is 0.